The largest absolute Gasteiger partial charge is 0.322 e. The first-order valence-electron chi connectivity index (χ1n) is 6.69. The minimum atomic E-state index is -3.55. The minimum Gasteiger partial charge on any atom is -0.322 e. The Morgan fingerprint density at radius 3 is 2.61 bits per heavy atom. The van der Waals surface area contributed by atoms with Crippen molar-refractivity contribution in [3.63, 3.8) is 0 Å². The fourth-order valence-electron chi connectivity index (χ4n) is 1.87. The van der Waals surface area contributed by atoms with E-state index < -0.39 is 10.0 Å². The van der Waals surface area contributed by atoms with Crippen LogP contribution in [0.3, 0.4) is 0 Å². The maximum Gasteiger partial charge on any atom is 0.258 e. The fraction of sp³-hybridized carbons (Fsp3) is 0.200. The predicted octanol–water partition coefficient (Wildman–Crippen LogP) is 2.31. The van der Waals surface area contributed by atoms with Crippen LogP contribution >= 0.6 is 11.8 Å². The van der Waals surface area contributed by atoms with E-state index in [0.29, 0.717) is 16.3 Å². The summed E-state index contributed by atoms with van der Waals surface area (Å²) < 4.78 is 25.4. The van der Waals surface area contributed by atoms with Gasteiger partial charge in [0.15, 0.2) is 0 Å². The molecule has 8 heteroatoms. The van der Waals surface area contributed by atoms with Gasteiger partial charge in [0.25, 0.3) is 5.91 Å². The lowest BCUT2D eigenvalue weighted by atomic mass is 10.2. The molecule has 0 saturated carbocycles. The Morgan fingerprint density at radius 1 is 1.22 bits per heavy atom. The smallest absolute Gasteiger partial charge is 0.258 e. The summed E-state index contributed by atoms with van der Waals surface area (Å²) >= 11 is 1.37. The van der Waals surface area contributed by atoms with Gasteiger partial charge in [0.1, 0.15) is 5.03 Å². The molecule has 23 heavy (non-hydrogen) atoms. The normalized spacial score (nSPS) is 11.5. The van der Waals surface area contributed by atoms with Crippen molar-refractivity contribution in [2.24, 2.45) is 0 Å². The molecule has 1 heterocycles. The van der Waals surface area contributed by atoms with Gasteiger partial charge in [-0.1, -0.05) is 6.07 Å². The molecule has 1 aromatic carbocycles. The van der Waals surface area contributed by atoms with E-state index in [1.807, 2.05) is 6.26 Å². The number of nitrogens with one attached hydrogen (secondary N) is 1. The van der Waals surface area contributed by atoms with Crippen molar-refractivity contribution in [3.8, 4) is 0 Å². The Kier molecular flexibility index (Phi) is 5.40. The Balaban J connectivity index is 2.29. The lowest BCUT2D eigenvalue weighted by Crippen LogP contribution is -2.22. The second-order valence-corrected chi connectivity index (χ2v) is 7.78. The van der Waals surface area contributed by atoms with E-state index in [9.17, 15) is 13.2 Å². The van der Waals surface area contributed by atoms with Gasteiger partial charge in [-0.25, -0.2) is 17.7 Å². The Bertz CT molecular complexity index is 820. The van der Waals surface area contributed by atoms with Gasteiger partial charge in [0, 0.05) is 26.0 Å². The molecule has 0 fully saturated rings. The maximum absolute atomic E-state index is 12.4. The third-order valence-corrected chi connectivity index (χ3v) is 5.60. The average molecular weight is 351 g/mol. The Morgan fingerprint density at radius 2 is 1.96 bits per heavy atom. The molecule has 122 valence electrons. The molecule has 2 rings (SSSR count). The molecule has 1 amide bonds. The van der Waals surface area contributed by atoms with E-state index in [2.05, 4.69) is 10.3 Å². The Labute approximate surface area is 140 Å². The molecule has 1 N–H and O–H groups in total. The summed E-state index contributed by atoms with van der Waals surface area (Å²) in [7, 11) is -0.628. The van der Waals surface area contributed by atoms with E-state index in [4.69, 9.17) is 0 Å². The van der Waals surface area contributed by atoms with Crippen LogP contribution in [-0.2, 0) is 10.0 Å². The van der Waals surface area contributed by atoms with Gasteiger partial charge in [0.2, 0.25) is 10.0 Å². The van der Waals surface area contributed by atoms with E-state index in [1.54, 1.807) is 30.5 Å². The highest BCUT2D eigenvalue weighted by atomic mass is 32.2. The highest BCUT2D eigenvalue weighted by Gasteiger charge is 2.18. The van der Waals surface area contributed by atoms with E-state index >= 15 is 0 Å². The van der Waals surface area contributed by atoms with Crippen molar-refractivity contribution < 1.29 is 13.2 Å². The molecular weight excluding hydrogens is 334 g/mol. The number of nitrogens with zero attached hydrogens (tertiary/aromatic N) is 2. The van der Waals surface area contributed by atoms with Crippen LogP contribution in [-0.4, -0.2) is 44.0 Å². The fourth-order valence-corrected chi connectivity index (χ4v) is 3.36. The number of sulfonamides is 1. The molecule has 0 aliphatic heterocycles. The first-order valence-corrected chi connectivity index (χ1v) is 9.35. The maximum atomic E-state index is 12.4. The third kappa shape index (κ3) is 3.90. The number of pyridine rings is 1. The van der Waals surface area contributed by atoms with Gasteiger partial charge in [0.05, 0.1) is 10.5 Å². The van der Waals surface area contributed by atoms with Crippen molar-refractivity contribution in [1.82, 2.24) is 9.29 Å². The molecule has 0 bridgehead atoms. The number of rotatable bonds is 5. The zero-order valence-electron chi connectivity index (χ0n) is 13.0. The number of carbonyl (C=O) groups excluding carboxylic acids is 1. The monoisotopic (exact) mass is 351 g/mol. The average Bonchev–Trinajstić information content (AvgIpc) is 2.54. The number of hydrogen-bond acceptors (Lipinski definition) is 5. The number of hydrogen-bond donors (Lipinski definition) is 1. The molecular formula is C15H17N3O3S2. The number of anilines is 1. The second-order valence-electron chi connectivity index (χ2n) is 4.83. The van der Waals surface area contributed by atoms with Crippen LogP contribution in [0.2, 0.25) is 0 Å². The number of carbonyl (C=O) groups is 1. The van der Waals surface area contributed by atoms with Crippen LogP contribution in [0.4, 0.5) is 5.69 Å². The van der Waals surface area contributed by atoms with Crippen LogP contribution < -0.4 is 5.32 Å². The molecule has 6 nitrogen and oxygen atoms in total. The van der Waals surface area contributed by atoms with Gasteiger partial charge in [-0.15, -0.1) is 11.8 Å². The summed E-state index contributed by atoms with van der Waals surface area (Å²) in [5, 5.41) is 3.32. The molecule has 0 aliphatic rings. The number of aromatic nitrogens is 1. The molecule has 0 aliphatic carbocycles. The van der Waals surface area contributed by atoms with Crippen molar-refractivity contribution >= 4 is 33.4 Å². The number of thioether (sulfide) groups is 1. The molecule has 0 atom stereocenters. The van der Waals surface area contributed by atoms with Crippen LogP contribution in [0.5, 0.6) is 0 Å². The van der Waals surface area contributed by atoms with Gasteiger partial charge in [-0.05, 0) is 36.6 Å². The summed E-state index contributed by atoms with van der Waals surface area (Å²) in [4.78, 5) is 16.6. The van der Waals surface area contributed by atoms with Crippen molar-refractivity contribution in [3.05, 3.63) is 48.2 Å². The first kappa shape index (κ1) is 17.5. The zero-order valence-corrected chi connectivity index (χ0v) is 14.6. The first-order chi connectivity index (χ1) is 10.9. The SMILES string of the molecule is CSc1ncccc1C(=O)Nc1cccc(S(=O)(=O)N(C)C)c1. The van der Waals surface area contributed by atoms with Gasteiger partial charge in [-0.2, -0.15) is 0 Å². The summed E-state index contributed by atoms with van der Waals surface area (Å²) in [5.74, 6) is -0.332. The van der Waals surface area contributed by atoms with Gasteiger partial charge < -0.3 is 5.32 Å². The van der Waals surface area contributed by atoms with Crippen LogP contribution in [0.1, 0.15) is 10.4 Å². The van der Waals surface area contributed by atoms with E-state index in [0.717, 1.165) is 4.31 Å². The third-order valence-electron chi connectivity index (χ3n) is 3.08. The Hall–Kier alpha value is -1.90. The summed E-state index contributed by atoms with van der Waals surface area (Å²) in [6.07, 6.45) is 3.45. The summed E-state index contributed by atoms with van der Waals surface area (Å²) in [5.41, 5.74) is 0.856. The lowest BCUT2D eigenvalue weighted by Gasteiger charge is -2.13. The van der Waals surface area contributed by atoms with Crippen molar-refractivity contribution in [2.75, 3.05) is 25.7 Å². The molecule has 0 unspecified atom stereocenters. The van der Waals surface area contributed by atoms with Crippen LogP contribution in [0, 0.1) is 0 Å². The summed E-state index contributed by atoms with van der Waals surface area (Å²) in [6, 6.07) is 9.51. The van der Waals surface area contributed by atoms with Crippen molar-refractivity contribution in [2.45, 2.75) is 9.92 Å². The highest BCUT2D eigenvalue weighted by Crippen LogP contribution is 2.21. The predicted molar refractivity (Wildman–Crippen MR) is 91.3 cm³/mol. The van der Waals surface area contributed by atoms with E-state index in [1.165, 1.54) is 38.0 Å². The highest BCUT2D eigenvalue weighted by molar-refractivity contribution is 7.98. The molecule has 0 saturated heterocycles. The van der Waals surface area contributed by atoms with Gasteiger partial charge in [-0.3, -0.25) is 4.79 Å². The quantitative estimate of drug-likeness (QED) is 0.836. The lowest BCUT2D eigenvalue weighted by molar-refractivity contribution is 0.102. The standard InChI is InChI=1S/C15H17N3O3S2/c1-18(2)23(20,21)12-7-4-6-11(10-12)17-14(19)13-8-5-9-16-15(13)22-3/h4-10H,1-3H3,(H,17,19). The molecule has 0 radical (unpaired) electrons. The van der Waals surface area contributed by atoms with Gasteiger partial charge >= 0.3 is 0 Å². The minimum absolute atomic E-state index is 0.122. The number of amides is 1. The topological polar surface area (TPSA) is 79.4 Å². The zero-order chi connectivity index (χ0) is 17.0. The van der Waals surface area contributed by atoms with Crippen LogP contribution in [0.15, 0.2) is 52.5 Å². The molecule has 0 spiro atoms. The van der Waals surface area contributed by atoms with E-state index in [-0.39, 0.29) is 10.8 Å². The molecule has 1 aromatic heterocycles. The van der Waals surface area contributed by atoms with Crippen LogP contribution in [0.25, 0.3) is 0 Å². The summed E-state index contributed by atoms with van der Waals surface area (Å²) in [6.45, 7) is 0. The second kappa shape index (κ2) is 7.12. The number of benzene rings is 1. The molecule has 2 aromatic rings. The van der Waals surface area contributed by atoms with Crippen molar-refractivity contribution in [1.29, 1.82) is 0 Å².